The molecule has 2 N–H and O–H groups in total. The van der Waals surface area contributed by atoms with Crippen molar-refractivity contribution in [2.45, 2.75) is 20.3 Å². The van der Waals surface area contributed by atoms with E-state index in [1.807, 2.05) is 13.0 Å². The Hall–Kier alpha value is -2.72. The minimum Gasteiger partial charge on any atom is -0.326 e. The molecule has 0 unspecified atom stereocenters. The Morgan fingerprint density at radius 2 is 2.12 bits per heavy atom. The van der Waals surface area contributed by atoms with Crippen LogP contribution in [0.15, 0.2) is 24.3 Å². The van der Waals surface area contributed by atoms with Crippen molar-refractivity contribution in [1.82, 2.24) is 4.37 Å². The zero-order chi connectivity index (χ0) is 17.3. The number of nitriles is 1. The molecule has 1 aliphatic rings. The lowest BCUT2D eigenvalue weighted by molar-refractivity contribution is -0.117. The van der Waals surface area contributed by atoms with Gasteiger partial charge in [0.05, 0.1) is 5.69 Å². The molecule has 7 heteroatoms. The first kappa shape index (κ1) is 16.1. The molecule has 3 rings (SSSR count). The molecule has 1 aromatic heterocycles. The fourth-order valence-corrected chi connectivity index (χ4v) is 3.17. The van der Waals surface area contributed by atoms with Gasteiger partial charge in [0.25, 0.3) is 5.91 Å². The number of hydrogen-bond acceptors (Lipinski definition) is 5. The summed E-state index contributed by atoms with van der Waals surface area (Å²) in [6, 6.07) is 8.78. The number of carbonyl (C=O) groups excluding carboxylic acids is 2. The second-order valence-electron chi connectivity index (χ2n) is 5.93. The van der Waals surface area contributed by atoms with E-state index >= 15 is 0 Å². The summed E-state index contributed by atoms with van der Waals surface area (Å²) < 4.78 is 4.07. The van der Waals surface area contributed by atoms with E-state index in [0.717, 1.165) is 18.0 Å². The third-order valence-electron chi connectivity index (χ3n) is 4.04. The highest BCUT2D eigenvalue weighted by Crippen LogP contribution is 2.38. The van der Waals surface area contributed by atoms with Gasteiger partial charge in [-0.2, -0.15) is 9.64 Å². The van der Waals surface area contributed by atoms with Crippen LogP contribution in [0.25, 0.3) is 0 Å². The van der Waals surface area contributed by atoms with Crippen LogP contribution in [0, 0.1) is 30.1 Å². The molecule has 1 fully saturated rings. The van der Waals surface area contributed by atoms with Crippen LogP contribution in [0.4, 0.5) is 10.7 Å². The predicted molar refractivity (Wildman–Crippen MR) is 91.9 cm³/mol. The number of amides is 2. The van der Waals surface area contributed by atoms with Gasteiger partial charge in [-0.3, -0.25) is 9.59 Å². The van der Waals surface area contributed by atoms with E-state index in [0.29, 0.717) is 33.4 Å². The van der Waals surface area contributed by atoms with Gasteiger partial charge in [0.2, 0.25) is 5.91 Å². The fraction of sp³-hybridized carbons (Fsp3) is 0.294. The smallest absolute Gasteiger partial charge is 0.256 e. The molecule has 1 aliphatic carbocycles. The lowest BCUT2D eigenvalue weighted by Gasteiger charge is -2.07. The molecule has 1 aromatic carbocycles. The number of benzene rings is 1. The lowest BCUT2D eigenvalue weighted by Crippen LogP contribution is -2.16. The van der Waals surface area contributed by atoms with E-state index in [9.17, 15) is 9.59 Å². The summed E-state index contributed by atoms with van der Waals surface area (Å²) >= 11 is 1.08. The van der Waals surface area contributed by atoms with Crippen molar-refractivity contribution >= 4 is 34.0 Å². The molecule has 6 nitrogen and oxygen atoms in total. The van der Waals surface area contributed by atoms with Gasteiger partial charge in [-0.05, 0) is 49.0 Å². The van der Waals surface area contributed by atoms with Crippen molar-refractivity contribution < 1.29 is 9.59 Å². The molecular weight excluding hydrogens is 324 g/mol. The van der Waals surface area contributed by atoms with Crippen molar-refractivity contribution in [1.29, 1.82) is 5.26 Å². The Morgan fingerprint density at radius 3 is 2.79 bits per heavy atom. The summed E-state index contributed by atoms with van der Waals surface area (Å²) in [7, 11) is 0. The minimum atomic E-state index is -0.342. The predicted octanol–water partition coefficient (Wildman–Crippen LogP) is 3.17. The number of nitrogens with one attached hydrogen (secondary N) is 2. The zero-order valence-corrected chi connectivity index (χ0v) is 14.1. The van der Waals surface area contributed by atoms with Crippen LogP contribution in [0.3, 0.4) is 0 Å². The molecule has 0 spiro atoms. The molecule has 2 atom stereocenters. The highest BCUT2D eigenvalue weighted by atomic mass is 32.1. The summed E-state index contributed by atoms with van der Waals surface area (Å²) in [6.07, 6.45) is 0.910. The van der Waals surface area contributed by atoms with Crippen LogP contribution in [0.5, 0.6) is 0 Å². The van der Waals surface area contributed by atoms with Crippen LogP contribution in [-0.2, 0) is 4.79 Å². The molecule has 0 aliphatic heterocycles. The van der Waals surface area contributed by atoms with Crippen LogP contribution in [-0.4, -0.2) is 16.2 Å². The largest absolute Gasteiger partial charge is 0.326 e. The van der Waals surface area contributed by atoms with Gasteiger partial charge < -0.3 is 10.6 Å². The standard InChI is InChI=1S/C17H16N4O2S/c1-9-6-13(9)16(23)19-12-5-3-4-11(7-12)15(22)20-17-14(8-18)10(2)21-24-17/h3-5,7,9,13H,6H2,1-2H3,(H,19,23)(H,20,22)/t9-,13-/m0/s1. The number of aryl methyl sites for hydroxylation is 1. The summed E-state index contributed by atoms with van der Waals surface area (Å²) in [5, 5.41) is 15.1. The quantitative estimate of drug-likeness (QED) is 0.893. The van der Waals surface area contributed by atoms with Gasteiger partial charge in [-0.25, -0.2) is 0 Å². The van der Waals surface area contributed by atoms with Crippen molar-refractivity contribution in [2.24, 2.45) is 11.8 Å². The van der Waals surface area contributed by atoms with Crippen LogP contribution in [0.1, 0.15) is 35.0 Å². The number of aromatic nitrogens is 1. The molecule has 0 radical (unpaired) electrons. The van der Waals surface area contributed by atoms with Gasteiger partial charge in [0.15, 0.2) is 0 Å². The Balaban J connectivity index is 1.72. The summed E-state index contributed by atoms with van der Waals surface area (Å²) in [5.41, 5.74) is 1.97. The highest BCUT2D eigenvalue weighted by molar-refractivity contribution is 7.10. The van der Waals surface area contributed by atoms with Crippen LogP contribution < -0.4 is 10.6 Å². The first-order valence-electron chi connectivity index (χ1n) is 7.58. The van der Waals surface area contributed by atoms with Crippen molar-refractivity contribution in [2.75, 3.05) is 10.6 Å². The second-order valence-corrected chi connectivity index (χ2v) is 6.70. The minimum absolute atomic E-state index is 0.00935. The SMILES string of the molecule is Cc1nsc(NC(=O)c2cccc(NC(=O)[C@H]3C[C@@H]3C)c2)c1C#N. The number of rotatable bonds is 4. The Morgan fingerprint density at radius 1 is 1.38 bits per heavy atom. The van der Waals surface area contributed by atoms with Crippen LogP contribution in [0.2, 0.25) is 0 Å². The lowest BCUT2D eigenvalue weighted by atomic mass is 10.1. The second kappa shape index (κ2) is 6.42. The first-order chi connectivity index (χ1) is 11.5. The average molecular weight is 340 g/mol. The molecular formula is C17H16N4O2S. The van der Waals surface area contributed by atoms with E-state index < -0.39 is 0 Å². The third kappa shape index (κ3) is 3.29. The molecule has 0 saturated heterocycles. The number of carbonyl (C=O) groups is 2. The van der Waals surface area contributed by atoms with E-state index in [4.69, 9.17) is 5.26 Å². The molecule has 122 valence electrons. The van der Waals surface area contributed by atoms with E-state index in [1.165, 1.54) is 0 Å². The van der Waals surface area contributed by atoms with Gasteiger partial charge >= 0.3 is 0 Å². The van der Waals surface area contributed by atoms with Crippen molar-refractivity contribution in [3.63, 3.8) is 0 Å². The van der Waals surface area contributed by atoms with E-state index in [1.54, 1.807) is 31.2 Å². The normalized spacial score (nSPS) is 18.5. The van der Waals surface area contributed by atoms with Gasteiger partial charge in [0, 0.05) is 17.2 Å². The van der Waals surface area contributed by atoms with Gasteiger partial charge in [-0.1, -0.05) is 13.0 Å². The van der Waals surface area contributed by atoms with Gasteiger partial charge in [0.1, 0.15) is 16.6 Å². The topological polar surface area (TPSA) is 94.9 Å². The van der Waals surface area contributed by atoms with E-state index in [-0.39, 0.29) is 17.7 Å². The summed E-state index contributed by atoms with van der Waals surface area (Å²) in [4.78, 5) is 24.4. The van der Waals surface area contributed by atoms with Crippen molar-refractivity contribution in [3.05, 3.63) is 41.1 Å². The summed E-state index contributed by atoms with van der Waals surface area (Å²) in [6.45, 7) is 3.76. The number of hydrogen-bond donors (Lipinski definition) is 2. The first-order valence-corrected chi connectivity index (χ1v) is 8.35. The third-order valence-corrected chi connectivity index (χ3v) is 4.89. The molecule has 2 aromatic rings. The molecule has 1 heterocycles. The molecule has 0 bridgehead atoms. The maximum atomic E-state index is 12.4. The van der Waals surface area contributed by atoms with E-state index in [2.05, 4.69) is 15.0 Å². The molecule has 1 saturated carbocycles. The summed E-state index contributed by atoms with van der Waals surface area (Å²) in [5.74, 6) is 0.146. The Kier molecular flexibility index (Phi) is 4.32. The monoisotopic (exact) mass is 340 g/mol. The maximum Gasteiger partial charge on any atom is 0.256 e. The Bertz CT molecular complexity index is 853. The van der Waals surface area contributed by atoms with Crippen molar-refractivity contribution in [3.8, 4) is 6.07 Å². The van der Waals surface area contributed by atoms with Crippen LogP contribution >= 0.6 is 11.5 Å². The number of nitrogens with zero attached hydrogens (tertiary/aromatic N) is 2. The van der Waals surface area contributed by atoms with Gasteiger partial charge in [-0.15, -0.1) is 0 Å². The highest BCUT2D eigenvalue weighted by Gasteiger charge is 2.39. The fourth-order valence-electron chi connectivity index (χ4n) is 2.42. The Labute approximate surface area is 143 Å². The maximum absolute atomic E-state index is 12.4. The molecule has 24 heavy (non-hydrogen) atoms. The number of anilines is 2. The zero-order valence-electron chi connectivity index (χ0n) is 13.3. The molecule has 2 amide bonds. The average Bonchev–Trinajstić information content (AvgIpc) is 3.20.